The van der Waals surface area contributed by atoms with Crippen LogP contribution in [0.4, 0.5) is 9.93 Å². The van der Waals surface area contributed by atoms with Gasteiger partial charge in [-0.1, -0.05) is 23.5 Å². The van der Waals surface area contributed by atoms with Crippen molar-refractivity contribution in [3.05, 3.63) is 24.3 Å². The summed E-state index contributed by atoms with van der Waals surface area (Å²) in [6, 6.07) is 6.55. The maximum absolute atomic E-state index is 11.7. The fourth-order valence-corrected chi connectivity index (χ4v) is 2.44. The van der Waals surface area contributed by atoms with Crippen LogP contribution in [0.15, 0.2) is 24.3 Å². The summed E-state index contributed by atoms with van der Waals surface area (Å²) in [4.78, 5) is 22.5. The van der Waals surface area contributed by atoms with E-state index in [0.717, 1.165) is 23.8 Å². The minimum Gasteiger partial charge on any atom is -0.496 e. The van der Waals surface area contributed by atoms with E-state index in [9.17, 15) is 14.7 Å². The normalized spacial score (nSPS) is 13.0. The van der Waals surface area contributed by atoms with E-state index in [1.165, 1.54) is 0 Å². The van der Waals surface area contributed by atoms with Crippen LogP contribution in [-0.4, -0.2) is 51.7 Å². The van der Waals surface area contributed by atoms with Gasteiger partial charge >= 0.3 is 12.0 Å². The Morgan fingerprint density at radius 3 is 2.71 bits per heavy atom. The predicted molar refractivity (Wildman–Crippen MR) is 87.2 cm³/mol. The van der Waals surface area contributed by atoms with Crippen LogP contribution in [0.25, 0.3) is 10.6 Å². The second-order valence-electron chi connectivity index (χ2n) is 5.00. The van der Waals surface area contributed by atoms with Crippen LogP contribution in [0.5, 0.6) is 5.75 Å². The molecule has 1 unspecified atom stereocenters. The van der Waals surface area contributed by atoms with Crippen LogP contribution in [0.3, 0.4) is 0 Å². The van der Waals surface area contributed by atoms with Crippen molar-refractivity contribution < 1.29 is 24.5 Å². The number of hydrogen-bond acceptors (Lipinski definition) is 7. The lowest BCUT2D eigenvalue weighted by Crippen LogP contribution is -2.47. The van der Waals surface area contributed by atoms with Crippen molar-refractivity contribution in [1.82, 2.24) is 15.5 Å². The number of aliphatic hydroxyl groups is 1. The minimum atomic E-state index is -2.05. The van der Waals surface area contributed by atoms with E-state index in [2.05, 4.69) is 20.8 Å². The van der Waals surface area contributed by atoms with Crippen LogP contribution in [0.1, 0.15) is 6.92 Å². The first-order chi connectivity index (χ1) is 11.3. The lowest BCUT2D eigenvalue weighted by atomic mass is 10.1. The van der Waals surface area contributed by atoms with E-state index in [1.807, 2.05) is 18.2 Å². The molecular weight excluding hydrogens is 336 g/mol. The molecule has 0 spiro atoms. The summed E-state index contributed by atoms with van der Waals surface area (Å²) >= 11 is 1.13. The van der Waals surface area contributed by atoms with E-state index in [0.29, 0.717) is 10.8 Å². The minimum absolute atomic E-state index is 0.225. The molecule has 1 aromatic carbocycles. The molecule has 0 radical (unpaired) electrons. The van der Waals surface area contributed by atoms with Gasteiger partial charge in [-0.2, -0.15) is 0 Å². The fraction of sp³-hybridized carbons (Fsp3) is 0.286. The highest BCUT2D eigenvalue weighted by Crippen LogP contribution is 2.33. The molecule has 0 aliphatic heterocycles. The first kappa shape index (κ1) is 17.6. The largest absolute Gasteiger partial charge is 0.496 e. The number of ether oxygens (including phenoxy) is 1. The number of rotatable bonds is 6. The summed E-state index contributed by atoms with van der Waals surface area (Å²) < 4.78 is 5.24. The molecule has 24 heavy (non-hydrogen) atoms. The summed E-state index contributed by atoms with van der Waals surface area (Å²) in [6.07, 6.45) is 0. The van der Waals surface area contributed by atoms with Gasteiger partial charge in [0, 0.05) is 0 Å². The summed E-state index contributed by atoms with van der Waals surface area (Å²) in [5, 5.41) is 31.6. The van der Waals surface area contributed by atoms with E-state index in [-0.39, 0.29) is 5.13 Å². The number of carboxylic acids is 1. The van der Waals surface area contributed by atoms with Crippen LogP contribution < -0.4 is 15.4 Å². The first-order valence-corrected chi connectivity index (χ1v) is 7.62. The number of carbonyl (C=O) groups excluding carboxylic acids is 1. The van der Waals surface area contributed by atoms with Crippen molar-refractivity contribution in [3.63, 3.8) is 0 Å². The van der Waals surface area contributed by atoms with Crippen molar-refractivity contribution in [2.75, 3.05) is 19.0 Å². The maximum atomic E-state index is 11.7. The Balaban J connectivity index is 2.01. The van der Waals surface area contributed by atoms with Gasteiger partial charge in [-0.3, -0.25) is 5.32 Å². The number of nitrogens with one attached hydrogen (secondary N) is 2. The standard InChI is InChI=1S/C14H16N4O5S/c1-14(22,11(19)20)7-15-12(21)16-13-18-17-10(24-13)8-5-3-4-6-9(8)23-2/h3-6,22H,7H2,1-2H3,(H,19,20)(H2,15,16,18,21). The number of amides is 2. The highest BCUT2D eigenvalue weighted by Gasteiger charge is 2.30. The molecule has 0 bridgehead atoms. The molecule has 1 atom stereocenters. The van der Waals surface area contributed by atoms with Gasteiger partial charge in [0.2, 0.25) is 5.13 Å². The average Bonchev–Trinajstić information content (AvgIpc) is 3.01. The molecule has 0 fully saturated rings. The summed E-state index contributed by atoms with van der Waals surface area (Å²) in [6.45, 7) is 0.632. The average molecular weight is 352 g/mol. The number of urea groups is 1. The third-order valence-electron chi connectivity index (χ3n) is 3.04. The lowest BCUT2D eigenvalue weighted by molar-refractivity contribution is -0.155. The molecular formula is C14H16N4O5S. The van der Waals surface area contributed by atoms with E-state index < -0.39 is 24.1 Å². The Kier molecular flexibility index (Phi) is 5.31. The third-order valence-corrected chi connectivity index (χ3v) is 3.91. The monoisotopic (exact) mass is 352 g/mol. The molecule has 0 saturated heterocycles. The molecule has 1 aromatic heterocycles. The highest BCUT2D eigenvalue weighted by molar-refractivity contribution is 7.18. The number of aromatic nitrogens is 2. The van der Waals surface area contributed by atoms with Crippen molar-refractivity contribution in [1.29, 1.82) is 0 Å². The molecule has 0 aliphatic rings. The van der Waals surface area contributed by atoms with E-state index >= 15 is 0 Å². The number of anilines is 1. The fourth-order valence-electron chi connectivity index (χ4n) is 1.67. The number of hydrogen-bond donors (Lipinski definition) is 4. The molecule has 4 N–H and O–H groups in total. The van der Waals surface area contributed by atoms with Crippen molar-refractivity contribution in [3.8, 4) is 16.3 Å². The Hall–Kier alpha value is -2.72. The number of benzene rings is 1. The quantitative estimate of drug-likeness (QED) is 0.613. The smallest absolute Gasteiger partial charge is 0.337 e. The zero-order valence-electron chi connectivity index (χ0n) is 12.9. The SMILES string of the molecule is COc1ccccc1-c1nnc(NC(=O)NCC(C)(O)C(=O)O)s1. The molecule has 10 heteroatoms. The number of para-hydroxylation sites is 1. The van der Waals surface area contributed by atoms with Crippen LogP contribution in [-0.2, 0) is 4.79 Å². The Labute approximate surface area is 141 Å². The van der Waals surface area contributed by atoms with Gasteiger partial charge in [0.15, 0.2) is 10.6 Å². The first-order valence-electron chi connectivity index (χ1n) is 6.81. The molecule has 0 saturated carbocycles. The van der Waals surface area contributed by atoms with Gasteiger partial charge in [-0.25, -0.2) is 9.59 Å². The number of carbonyl (C=O) groups is 2. The third kappa shape index (κ3) is 4.18. The number of methoxy groups -OCH3 is 1. The Bertz CT molecular complexity index is 746. The zero-order valence-corrected chi connectivity index (χ0v) is 13.8. The van der Waals surface area contributed by atoms with Gasteiger partial charge in [0.1, 0.15) is 5.75 Å². The summed E-state index contributed by atoms with van der Waals surface area (Å²) in [5.41, 5.74) is -1.32. The van der Waals surface area contributed by atoms with Gasteiger partial charge in [0.25, 0.3) is 0 Å². The molecule has 0 aliphatic carbocycles. The molecule has 2 amide bonds. The van der Waals surface area contributed by atoms with Gasteiger partial charge < -0.3 is 20.3 Å². The van der Waals surface area contributed by atoms with Crippen molar-refractivity contribution >= 4 is 28.5 Å². The van der Waals surface area contributed by atoms with Crippen LogP contribution in [0.2, 0.25) is 0 Å². The number of aliphatic carboxylic acids is 1. The molecule has 2 aromatic rings. The Morgan fingerprint density at radius 1 is 1.33 bits per heavy atom. The summed E-state index contributed by atoms with van der Waals surface area (Å²) in [5.74, 6) is -0.806. The highest BCUT2D eigenvalue weighted by atomic mass is 32.1. The van der Waals surface area contributed by atoms with Gasteiger partial charge in [0.05, 0.1) is 19.2 Å². The van der Waals surface area contributed by atoms with Gasteiger partial charge in [-0.15, -0.1) is 10.2 Å². The second-order valence-corrected chi connectivity index (χ2v) is 5.98. The molecule has 9 nitrogen and oxygen atoms in total. The molecule has 128 valence electrons. The van der Waals surface area contributed by atoms with Crippen LogP contribution in [0, 0.1) is 0 Å². The van der Waals surface area contributed by atoms with E-state index in [1.54, 1.807) is 13.2 Å². The van der Waals surface area contributed by atoms with Crippen LogP contribution >= 0.6 is 11.3 Å². The van der Waals surface area contributed by atoms with Crippen molar-refractivity contribution in [2.24, 2.45) is 0 Å². The number of nitrogens with zero attached hydrogens (tertiary/aromatic N) is 2. The topological polar surface area (TPSA) is 134 Å². The molecule has 1 heterocycles. The second kappa shape index (κ2) is 7.23. The predicted octanol–water partition coefficient (Wildman–Crippen LogP) is 1.17. The lowest BCUT2D eigenvalue weighted by Gasteiger charge is -2.17. The summed E-state index contributed by atoms with van der Waals surface area (Å²) in [7, 11) is 1.54. The van der Waals surface area contributed by atoms with Crippen molar-refractivity contribution in [2.45, 2.75) is 12.5 Å². The maximum Gasteiger partial charge on any atom is 0.337 e. The number of carboxylic acid groups (broad SMARTS) is 1. The van der Waals surface area contributed by atoms with E-state index in [4.69, 9.17) is 9.84 Å². The molecule has 2 rings (SSSR count). The van der Waals surface area contributed by atoms with Gasteiger partial charge in [-0.05, 0) is 19.1 Å². The Morgan fingerprint density at radius 2 is 2.04 bits per heavy atom. The zero-order chi connectivity index (χ0) is 17.7.